The molecule has 2 rings (SSSR count). The minimum Gasteiger partial charge on any atom is -0.396 e. The van der Waals surface area contributed by atoms with Crippen LogP contribution in [0.1, 0.15) is 19.3 Å². The second kappa shape index (κ2) is 4.10. The normalized spacial score (nSPS) is 17.5. The highest BCUT2D eigenvalue weighted by molar-refractivity contribution is 5.33. The van der Waals surface area contributed by atoms with Crippen molar-refractivity contribution >= 4 is 5.82 Å². The maximum atomic E-state index is 12.7. The molecule has 1 aliphatic carbocycles. The van der Waals surface area contributed by atoms with Crippen LogP contribution >= 0.6 is 0 Å². The highest BCUT2D eigenvalue weighted by Crippen LogP contribution is 2.48. The van der Waals surface area contributed by atoms with Crippen LogP contribution in [-0.4, -0.2) is 28.2 Å². The summed E-state index contributed by atoms with van der Waals surface area (Å²) >= 11 is 0. The molecule has 4 nitrogen and oxygen atoms in total. The van der Waals surface area contributed by atoms with Gasteiger partial charge < -0.3 is 10.4 Å². The molecule has 15 heavy (non-hydrogen) atoms. The molecule has 1 fully saturated rings. The summed E-state index contributed by atoms with van der Waals surface area (Å²) in [6, 6.07) is 1.27. The molecule has 1 aromatic rings. The van der Waals surface area contributed by atoms with E-state index in [-0.39, 0.29) is 12.0 Å². The van der Waals surface area contributed by atoms with Crippen molar-refractivity contribution in [2.75, 3.05) is 18.5 Å². The van der Waals surface area contributed by atoms with Crippen LogP contribution in [0.3, 0.4) is 0 Å². The quantitative estimate of drug-likeness (QED) is 0.718. The van der Waals surface area contributed by atoms with Crippen LogP contribution in [0.5, 0.6) is 0 Å². The molecule has 0 unspecified atom stereocenters. The maximum Gasteiger partial charge on any atom is 0.217 e. The van der Waals surface area contributed by atoms with Gasteiger partial charge in [-0.15, -0.1) is 0 Å². The van der Waals surface area contributed by atoms with Gasteiger partial charge in [-0.3, -0.25) is 0 Å². The average Bonchev–Trinajstić information content (AvgIpc) is 2.97. The van der Waals surface area contributed by atoms with E-state index in [0.717, 1.165) is 25.8 Å². The molecule has 5 heteroatoms. The molecule has 2 N–H and O–H groups in total. The number of hydrogen-bond acceptors (Lipinski definition) is 4. The van der Waals surface area contributed by atoms with Gasteiger partial charge in [0.1, 0.15) is 12.1 Å². The molecule has 0 bridgehead atoms. The fraction of sp³-hybridized carbons (Fsp3) is 0.600. The lowest BCUT2D eigenvalue weighted by molar-refractivity contribution is 0.253. The molecule has 0 aromatic carbocycles. The number of hydrogen-bond donors (Lipinski definition) is 2. The van der Waals surface area contributed by atoms with E-state index in [0.29, 0.717) is 5.82 Å². The van der Waals surface area contributed by atoms with Crippen LogP contribution in [0.15, 0.2) is 12.4 Å². The van der Waals surface area contributed by atoms with Crippen LogP contribution in [0.4, 0.5) is 10.2 Å². The van der Waals surface area contributed by atoms with E-state index in [9.17, 15) is 4.39 Å². The molecule has 0 radical (unpaired) electrons. The average molecular weight is 211 g/mol. The number of nitrogens with one attached hydrogen (secondary N) is 1. The van der Waals surface area contributed by atoms with E-state index in [4.69, 9.17) is 5.11 Å². The zero-order valence-electron chi connectivity index (χ0n) is 8.41. The lowest BCUT2D eigenvalue weighted by Crippen LogP contribution is -2.17. The minimum absolute atomic E-state index is 0.205. The third kappa shape index (κ3) is 2.62. The fourth-order valence-electron chi connectivity index (χ4n) is 1.64. The highest BCUT2D eigenvalue weighted by Gasteiger charge is 2.41. The summed E-state index contributed by atoms with van der Waals surface area (Å²) in [4.78, 5) is 7.28. The maximum absolute atomic E-state index is 12.7. The summed E-state index contributed by atoms with van der Waals surface area (Å²) in [6.07, 6.45) is 4.24. The number of halogens is 1. The second-order valence-corrected chi connectivity index (χ2v) is 4.05. The van der Waals surface area contributed by atoms with E-state index in [2.05, 4.69) is 15.3 Å². The lowest BCUT2D eigenvalue weighted by atomic mass is 10.0. The van der Waals surface area contributed by atoms with Gasteiger partial charge in [0, 0.05) is 19.2 Å². The molecule has 1 saturated carbocycles. The smallest absolute Gasteiger partial charge is 0.217 e. The number of aliphatic hydroxyl groups excluding tert-OH is 1. The van der Waals surface area contributed by atoms with Crippen molar-refractivity contribution < 1.29 is 9.50 Å². The lowest BCUT2D eigenvalue weighted by Gasteiger charge is -2.14. The number of nitrogens with zero attached hydrogens (tertiary/aromatic N) is 2. The first kappa shape index (κ1) is 10.3. The van der Waals surface area contributed by atoms with Crippen LogP contribution in [-0.2, 0) is 0 Å². The van der Waals surface area contributed by atoms with Crippen LogP contribution in [0.25, 0.3) is 0 Å². The molecule has 1 aliphatic rings. The Morgan fingerprint density at radius 2 is 2.27 bits per heavy atom. The number of anilines is 1. The van der Waals surface area contributed by atoms with E-state index >= 15 is 0 Å². The Balaban J connectivity index is 1.88. The van der Waals surface area contributed by atoms with E-state index in [1.54, 1.807) is 0 Å². The third-order valence-electron chi connectivity index (χ3n) is 2.88. The Morgan fingerprint density at radius 1 is 1.47 bits per heavy atom. The molecular formula is C10H14FN3O. The summed E-state index contributed by atoms with van der Waals surface area (Å²) in [7, 11) is 0. The topological polar surface area (TPSA) is 58.0 Å². The van der Waals surface area contributed by atoms with Gasteiger partial charge in [0.15, 0.2) is 0 Å². The summed E-state index contributed by atoms with van der Waals surface area (Å²) in [5.74, 6) is -0.0220. The number of aliphatic hydroxyl groups is 1. The van der Waals surface area contributed by atoms with Crippen LogP contribution < -0.4 is 5.32 Å². The molecule has 1 heterocycles. The van der Waals surface area contributed by atoms with Crippen molar-refractivity contribution in [2.24, 2.45) is 5.41 Å². The van der Waals surface area contributed by atoms with Gasteiger partial charge in [0.05, 0.1) is 0 Å². The van der Waals surface area contributed by atoms with Gasteiger partial charge in [-0.05, 0) is 24.7 Å². The van der Waals surface area contributed by atoms with Crippen molar-refractivity contribution in [2.45, 2.75) is 19.3 Å². The monoisotopic (exact) mass is 211 g/mol. The fourth-order valence-corrected chi connectivity index (χ4v) is 1.64. The molecule has 0 saturated heterocycles. The zero-order valence-corrected chi connectivity index (χ0v) is 8.41. The molecule has 0 spiro atoms. The number of aromatic nitrogens is 2. The highest BCUT2D eigenvalue weighted by atomic mass is 19.1. The third-order valence-corrected chi connectivity index (χ3v) is 2.88. The van der Waals surface area contributed by atoms with Crippen molar-refractivity contribution in [3.8, 4) is 0 Å². The first-order valence-electron chi connectivity index (χ1n) is 5.06. The summed E-state index contributed by atoms with van der Waals surface area (Å²) in [5.41, 5.74) is 0.205. The predicted octanol–water partition coefficient (Wildman–Crippen LogP) is 1.19. The molecule has 1 aromatic heterocycles. The van der Waals surface area contributed by atoms with E-state index in [1.807, 2.05) is 0 Å². The van der Waals surface area contributed by atoms with Gasteiger partial charge >= 0.3 is 0 Å². The molecule has 82 valence electrons. The van der Waals surface area contributed by atoms with Gasteiger partial charge in [0.2, 0.25) is 5.95 Å². The zero-order chi connectivity index (χ0) is 10.7. The van der Waals surface area contributed by atoms with Crippen molar-refractivity contribution in [1.29, 1.82) is 0 Å². The Bertz CT molecular complexity index is 341. The van der Waals surface area contributed by atoms with Crippen molar-refractivity contribution in [3.05, 3.63) is 18.3 Å². The standard InChI is InChI=1S/C10H14FN3O/c11-8-5-9(14-7-13-8)12-6-10(1-2-10)3-4-15/h5,7,15H,1-4,6H2,(H,12,13,14). The van der Waals surface area contributed by atoms with Crippen LogP contribution in [0.2, 0.25) is 0 Å². The van der Waals surface area contributed by atoms with Crippen LogP contribution in [0, 0.1) is 11.4 Å². The van der Waals surface area contributed by atoms with Crippen molar-refractivity contribution in [3.63, 3.8) is 0 Å². The first-order valence-corrected chi connectivity index (χ1v) is 5.06. The van der Waals surface area contributed by atoms with Gasteiger partial charge in [-0.2, -0.15) is 4.39 Å². The van der Waals surface area contributed by atoms with E-state index < -0.39 is 5.95 Å². The first-order chi connectivity index (χ1) is 7.24. The Morgan fingerprint density at radius 3 is 2.87 bits per heavy atom. The molecular weight excluding hydrogens is 197 g/mol. The minimum atomic E-state index is -0.528. The Labute approximate surface area is 87.6 Å². The predicted molar refractivity (Wildman–Crippen MR) is 53.8 cm³/mol. The second-order valence-electron chi connectivity index (χ2n) is 4.05. The Kier molecular flexibility index (Phi) is 2.81. The number of rotatable bonds is 5. The summed E-state index contributed by atoms with van der Waals surface area (Å²) in [5, 5.41) is 11.9. The summed E-state index contributed by atoms with van der Waals surface area (Å²) in [6.45, 7) is 0.948. The van der Waals surface area contributed by atoms with Gasteiger partial charge in [0.25, 0.3) is 0 Å². The van der Waals surface area contributed by atoms with Gasteiger partial charge in [-0.25, -0.2) is 9.97 Å². The van der Waals surface area contributed by atoms with E-state index in [1.165, 1.54) is 12.4 Å². The SMILES string of the molecule is OCCC1(CNc2cc(F)ncn2)CC1. The molecule has 0 atom stereocenters. The molecule has 0 aliphatic heterocycles. The Hall–Kier alpha value is -1.23. The molecule has 0 amide bonds. The summed E-state index contributed by atoms with van der Waals surface area (Å²) < 4.78 is 12.7. The largest absolute Gasteiger partial charge is 0.396 e. The van der Waals surface area contributed by atoms with Gasteiger partial charge in [-0.1, -0.05) is 0 Å². The van der Waals surface area contributed by atoms with Crippen molar-refractivity contribution in [1.82, 2.24) is 9.97 Å².